The van der Waals surface area contributed by atoms with Crippen LogP contribution in [0.15, 0.2) is 48.5 Å². The van der Waals surface area contributed by atoms with Crippen LogP contribution in [0.3, 0.4) is 0 Å². The van der Waals surface area contributed by atoms with E-state index in [1.165, 1.54) is 26.0 Å². The lowest BCUT2D eigenvalue weighted by Crippen LogP contribution is -1.98. The highest BCUT2D eigenvalue weighted by atomic mass is 16.6. The van der Waals surface area contributed by atoms with E-state index in [0.717, 1.165) is 11.1 Å². The Balaban J connectivity index is 0.000000488. The molecule has 0 saturated heterocycles. The van der Waals surface area contributed by atoms with Crippen molar-refractivity contribution in [3.05, 3.63) is 69.8 Å². The molecule has 2 N–H and O–H groups in total. The number of non-ortho nitro benzene ring substituents is 1. The molecule has 2 aromatic rings. The minimum atomic E-state index is -0.477. The number of rotatable bonds is 5. The van der Waals surface area contributed by atoms with Gasteiger partial charge in [-0.25, -0.2) is 0 Å². The third-order valence-electron chi connectivity index (χ3n) is 3.01. The summed E-state index contributed by atoms with van der Waals surface area (Å²) in [6.07, 6.45) is 0. The number of nitrogens with two attached hydrogens (primary N) is 1. The molecule has 0 unspecified atom stereocenters. The normalized spacial score (nSPS) is 9.11. The van der Waals surface area contributed by atoms with Crippen LogP contribution in [0, 0.1) is 10.1 Å². The van der Waals surface area contributed by atoms with E-state index in [0.29, 0.717) is 12.3 Å². The van der Waals surface area contributed by atoms with Gasteiger partial charge >= 0.3 is 11.9 Å². The lowest BCUT2D eigenvalue weighted by Gasteiger charge is -2.01. The molecule has 0 fully saturated rings. The van der Waals surface area contributed by atoms with Crippen LogP contribution in [0.1, 0.15) is 32.4 Å². The van der Waals surface area contributed by atoms with E-state index in [1.54, 1.807) is 24.3 Å². The molecular weight excluding hydrogens is 352 g/mol. The van der Waals surface area contributed by atoms with E-state index in [4.69, 9.17) is 15.2 Å². The lowest BCUT2D eigenvalue weighted by atomic mass is 10.2. The number of hydrogen-bond acceptors (Lipinski definition) is 7. The van der Waals surface area contributed by atoms with E-state index >= 15 is 0 Å². The maximum absolute atomic E-state index is 10.5. The molecule has 2 aromatic carbocycles. The second kappa shape index (κ2) is 12.0. The van der Waals surface area contributed by atoms with Crippen LogP contribution in [0.25, 0.3) is 0 Å². The second-order valence-corrected chi connectivity index (χ2v) is 5.23. The molecular formula is C19H24N2O6. The average Bonchev–Trinajstić information content (AvgIpc) is 2.60. The molecule has 0 aliphatic rings. The van der Waals surface area contributed by atoms with Gasteiger partial charge in [-0.05, 0) is 35.4 Å². The van der Waals surface area contributed by atoms with Gasteiger partial charge in [0.1, 0.15) is 13.2 Å². The maximum Gasteiger partial charge on any atom is 0.302 e. The number of carbonyl (C=O) groups is 2. The van der Waals surface area contributed by atoms with E-state index in [1.807, 2.05) is 12.1 Å². The Morgan fingerprint density at radius 1 is 0.889 bits per heavy atom. The molecule has 8 nitrogen and oxygen atoms in total. The summed E-state index contributed by atoms with van der Waals surface area (Å²) in [5.74, 6) is -0.643. The Labute approximate surface area is 158 Å². The lowest BCUT2D eigenvalue weighted by molar-refractivity contribution is -0.384. The van der Waals surface area contributed by atoms with Gasteiger partial charge in [0.25, 0.3) is 5.69 Å². The highest BCUT2D eigenvalue weighted by molar-refractivity contribution is 5.66. The van der Waals surface area contributed by atoms with Gasteiger partial charge in [0, 0.05) is 31.7 Å². The van der Waals surface area contributed by atoms with Crippen LogP contribution in [-0.4, -0.2) is 16.9 Å². The van der Waals surface area contributed by atoms with Gasteiger partial charge in [-0.3, -0.25) is 19.7 Å². The van der Waals surface area contributed by atoms with Crippen LogP contribution >= 0.6 is 0 Å². The van der Waals surface area contributed by atoms with Crippen molar-refractivity contribution in [2.75, 3.05) is 5.73 Å². The molecule has 0 aromatic heterocycles. The Hall–Kier alpha value is -3.42. The molecule has 146 valence electrons. The number of nitro groups is 1. The highest BCUT2D eigenvalue weighted by Crippen LogP contribution is 2.12. The van der Waals surface area contributed by atoms with Gasteiger partial charge in [-0.1, -0.05) is 19.6 Å². The highest BCUT2D eigenvalue weighted by Gasteiger charge is 2.04. The molecule has 27 heavy (non-hydrogen) atoms. The fourth-order valence-electron chi connectivity index (χ4n) is 1.70. The monoisotopic (exact) mass is 376 g/mol. The van der Waals surface area contributed by atoms with Crippen molar-refractivity contribution in [2.24, 2.45) is 0 Å². The number of ether oxygens (including phenoxy) is 2. The van der Waals surface area contributed by atoms with Crippen molar-refractivity contribution in [3.8, 4) is 0 Å². The van der Waals surface area contributed by atoms with E-state index in [2.05, 4.69) is 0 Å². The number of nitro benzene ring substituents is 1. The molecule has 0 heterocycles. The van der Waals surface area contributed by atoms with Crippen LogP contribution < -0.4 is 5.73 Å². The molecule has 0 aliphatic heterocycles. The topological polar surface area (TPSA) is 122 Å². The quantitative estimate of drug-likeness (QED) is 0.366. The number of benzene rings is 2. The number of nitrogen functional groups attached to an aromatic ring is 1. The molecule has 0 bridgehead atoms. The van der Waals surface area contributed by atoms with Gasteiger partial charge in [-0.15, -0.1) is 0 Å². The first-order valence-corrected chi connectivity index (χ1v) is 7.62. The smallest absolute Gasteiger partial charge is 0.302 e. The number of hydrogen-bond donors (Lipinski definition) is 1. The van der Waals surface area contributed by atoms with Crippen molar-refractivity contribution in [1.82, 2.24) is 0 Å². The first-order valence-electron chi connectivity index (χ1n) is 7.62. The molecule has 0 saturated carbocycles. The molecule has 2 rings (SSSR count). The van der Waals surface area contributed by atoms with Crippen LogP contribution in [0.4, 0.5) is 11.4 Å². The molecule has 0 spiro atoms. The second-order valence-electron chi connectivity index (χ2n) is 5.23. The minimum absolute atomic E-state index is 0. The van der Waals surface area contributed by atoms with Gasteiger partial charge in [0.15, 0.2) is 0 Å². The van der Waals surface area contributed by atoms with Gasteiger partial charge < -0.3 is 15.2 Å². The summed E-state index contributed by atoms with van der Waals surface area (Å²) in [5, 5.41) is 10.3. The Bertz CT molecular complexity index is 742. The Morgan fingerprint density at radius 3 is 1.59 bits per heavy atom. The molecule has 0 amide bonds. The zero-order chi connectivity index (χ0) is 19.5. The third-order valence-corrected chi connectivity index (χ3v) is 3.01. The van der Waals surface area contributed by atoms with Crippen molar-refractivity contribution in [2.45, 2.75) is 34.5 Å². The predicted molar refractivity (Wildman–Crippen MR) is 102 cm³/mol. The SMILES string of the molecule is C.CC(=O)OCc1ccc(N)cc1.CC(=O)OCc1ccc([N+](=O)[O-])cc1. The standard InChI is InChI=1S/C9H9NO4.C9H11NO2.CH4/c1-7(11)14-6-8-2-4-9(5-3-8)10(12)13;1-7(11)12-6-8-2-4-9(10)5-3-8;/h2-5H,6H2,1H3;2-5H,6,10H2,1H3;1H4. The van der Waals surface area contributed by atoms with Crippen LogP contribution in [0.5, 0.6) is 0 Å². The maximum atomic E-state index is 10.5. The summed E-state index contributed by atoms with van der Waals surface area (Å²) < 4.78 is 9.51. The van der Waals surface area contributed by atoms with Crippen molar-refractivity contribution < 1.29 is 24.0 Å². The number of nitrogens with zero attached hydrogens (tertiary/aromatic N) is 1. The van der Waals surface area contributed by atoms with Gasteiger partial charge in [0.2, 0.25) is 0 Å². The Morgan fingerprint density at radius 2 is 1.26 bits per heavy atom. The van der Waals surface area contributed by atoms with E-state index < -0.39 is 4.92 Å². The Kier molecular flexibility index (Phi) is 10.5. The summed E-state index contributed by atoms with van der Waals surface area (Å²) in [6, 6.07) is 13.1. The van der Waals surface area contributed by atoms with E-state index in [9.17, 15) is 19.7 Å². The minimum Gasteiger partial charge on any atom is -0.461 e. The van der Waals surface area contributed by atoms with Gasteiger partial charge in [0.05, 0.1) is 4.92 Å². The van der Waals surface area contributed by atoms with Crippen LogP contribution in [-0.2, 0) is 32.3 Å². The zero-order valence-corrected chi connectivity index (χ0v) is 14.5. The molecule has 0 aliphatic carbocycles. The molecule has 0 atom stereocenters. The zero-order valence-electron chi connectivity index (χ0n) is 14.5. The van der Waals surface area contributed by atoms with Crippen molar-refractivity contribution >= 4 is 23.3 Å². The van der Waals surface area contributed by atoms with Crippen molar-refractivity contribution in [1.29, 1.82) is 0 Å². The fourth-order valence-corrected chi connectivity index (χ4v) is 1.70. The fraction of sp³-hybridized carbons (Fsp3) is 0.263. The molecule has 8 heteroatoms. The van der Waals surface area contributed by atoms with Crippen LogP contribution in [0.2, 0.25) is 0 Å². The third kappa shape index (κ3) is 10.2. The van der Waals surface area contributed by atoms with Gasteiger partial charge in [-0.2, -0.15) is 0 Å². The number of anilines is 1. The largest absolute Gasteiger partial charge is 0.461 e. The predicted octanol–water partition coefficient (Wildman–Crippen LogP) is 3.63. The van der Waals surface area contributed by atoms with E-state index in [-0.39, 0.29) is 31.7 Å². The number of esters is 2. The average molecular weight is 376 g/mol. The summed E-state index contributed by atoms with van der Waals surface area (Å²) in [6.45, 7) is 3.16. The summed E-state index contributed by atoms with van der Waals surface area (Å²) in [4.78, 5) is 30.7. The van der Waals surface area contributed by atoms with Crippen molar-refractivity contribution in [3.63, 3.8) is 0 Å². The number of carbonyl (C=O) groups excluding carboxylic acids is 2. The summed E-state index contributed by atoms with van der Waals surface area (Å²) in [5.41, 5.74) is 7.88. The first kappa shape index (κ1) is 23.6. The first-order chi connectivity index (χ1) is 12.3. The molecule has 0 radical (unpaired) electrons. The summed E-state index contributed by atoms with van der Waals surface area (Å²) in [7, 11) is 0. The summed E-state index contributed by atoms with van der Waals surface area (Å²) >= 11 is 0.